The highest BCUT2D eigenvalue weighted by Crippen LogP contribution is 2.07. The lowest BCUT2D eigenvalue weighted by Crippen LogP contribution is -2.28. The quantitative estimate of drug-likeness (QED) is 0.694. The van der Waals surface area contributed by atoms with Gasteiger partial charge in [-0.15, -0.1) is 11.3 Å². The molecule has 0 aliphatic rings. The van der Waals surface area contributed by atoms with Crippen LogP contribution >= 0.6 is 11.3 Å². The van der Waals surface area contributed by atoms with Crippen molar-refractivity contribution in [2.45, 2.75) is 0 Å². The molecule has 0 saturated carbocycles. The van der Waals surface area contributed by atoms with E-state index >= 15 is 0 Å². The summed E-state index contributed by atoms with van der Waals surface area (Å²) >= 11 is 1.20. The van der Waals surface area contributed by atoms with Gasteiger partial charge in [-0.25, -0.2) is 4.21 Å². The van der Waals surface area contributed by atoms with Crippen LogP contribution in [-0.2, 0) is 9.99 Å². The molecule has 12 heavy (non-hydrogen) atoms. The maximum absolute atomic E-state index is 11.0. The summed E-state index contributed by atoms with van der Waals surface area (Å²) in [7, 11) is -3.44. The van der Waals surface area contributed by atoms with Gasteiger partial charge in [0.25, 0.3) is 5.91 Å². The lowest BCUT2D eigenvalue weighted by molar-refractivity contribution is 0.0984. The largest absolute Gasteiger partial charge is 0.299 e. The molecule has 1 aromatic heterocycles. The molecule has 1 rings (SSSR count). The number of hydrogen-bond donors (Lipinski definition) is 2. The zero-order valence-corrected chi connectivity index (χ0v) is 7.65. The summed E-state index contributed by atoms with van der Waals surface area (Å²) in [5.41, 5.74) is 0. The van der Waals surface area contributed by atoms with Crippen LogP contribution in [-0.4, -0.2) is 20.5 Å². The number of amides is 1. The van der Waals surface area contributed by atoms with Crippen molar-refractivity contribution >= 4 is 33.1 Å². The molecule has 0 aliphatic heterocycles. The van der Waals surface area contributed by atoms with Crippen LogP contribution in [0.5, 0.6) is 0 Å². The normalized spacial score (nSPS) is 15.1. The van der Waals surface area contributed by atoms with E-state index in [0.717, 1.165) is 0 Å². The summed E-state index contributed by atoms with van der Waals surface area (Å²) in [4.78, 5) is 11.4. The summed E-state index contributed by atoms with van der Waals surface area (Å²) in [6.07, 6.45) is 0. The first-order chi connectivity index (χ1) is 5.49. The Balaban J connectivity index is 2.76. The number of carbonyl (C=O) groups is 1. The average Bonchev–Trinajstić information content (AvgIpc) is 2.32. The van der Waals surface area contributed by atoms with Gasteiger partial charge in [-0.2, -0.15) is 0 Å². The van der Waals surface area contributed by atoms with Crippen LogP contribution in [0, 0.1) is 0 Å². The van der Waals surface area contributed by atoms with Crippen molar-refractivity contribution in [3.8, 4) is 0 Å². The first kappa shape index (κ1) is 9.24. The Morgan fingerprint density at radius 1 is 1.75 bits per heavy atom. The van der Waals surface area contributed by atoms with Crippen molar-refractivity contribution in [3.05, 3.63) is 22.4 Å². The molecule has 1 amide bonds. The van der Waals surface area contributed by atoms with E-state index in [-0.39, 0.29) is 0 Å². The Kier molecular flexibility index (Phi) is 2.51. The molecule has 6 heteroatoms. The van der Waals surface area contributed by atoms with Gasteiger partial charge in [-0.05, 0) is 17.3 Å². The molecule has 2 N–H and O–H groups in total. The summed E-state index contributed by atoms with van der Waals surface area (Å²) in [6, 6.07) is 3.24. The molecule has 1 heterocycles. The van der Waals surface area contributed by atoms with Gasteiger partial charge in [-0.1, -0.05) is 6.07 Å². The minimum Gasteiger partial charge on any atom is -0.299 e. The van der Waals surface area contributed by atoms with Crippen molar-refractivity contribution in [1.29, 1.82) is 0 Å². The third kappa shape index (κ3) is 2.65. The predicted molar refractivity (Wildman–Crippen MR) is 49.7 cm³/mol. The zero-order valence-electron chi connectivity index (χ0n) is 6.02. The molecule has 66 valence electrons. The molecule has 0 bridgehead atoms. The Labute approximate surface area is 74.2 Å². The fourth-order valence-electron chi connectivity index (χ4n) is 0.603. The van der Waals surface area contributed by atoms with Crippen LogP contribution < -0.4 is 4.72 Å². The zero-order chi connectivity index (χ0) is 9.19. The SMILES string of the molecule is C=S(=O)(O)NC(=O)c1cccs1. The molecule has 0 saturated heterocycles. The van der Waals surface area contributed by atoms with Crippen LogP contribution in [0.3, 0.4) is 0 Å². The maximum Gasteiger partial charge on any atom is 0.274 e. The minimum absolute atomic E-state index is 0.389. The Morgan fingerprint density at radius 3 is 2.83 bits per heavy atom. The van der Waals surface area contributed by atoms with Crippen molar-refractivity contribution < 1.29 is 13.6 Å². The second kappa shape index (κ2) is 3.26. The van der Waals surface area contributed by atoms with Crippen molar-refractivity contribution in [3.63, 3.8) is 0 Å². The molecule has 0 fully saturated rings. The molecule has 1 atom stereocenters. The van der Waals surface area contributed by atoms with E-state index in [9.17, 15) is 9.00 Å². The van der Waals surface area contributed by atoms with Crippen LogP contribution in [0.1, 0.15) is 9.67 Å². The molecule has 0 radical (unpaired) electrons. The number of nitrogens with one attached hydrogen (secondary N) is 1. The van der Waals surface area contributed by atoms with Crippen LogP contribution in [0.25, 0.3) is 0 Å². The van der Waals surface area contributed by atoms with Crippen LogP contribution in [0.2, 0.25) is 0 Å². The van der Waals surface area contributed by atoms with Gasteiger partial charge in [0.05, 0.1) is 4.88 Å². The van der Waals surface area contributed by atoms with Gasteiger partial charge in [0.1, 0.15) is 0 Å². The van der Waals surface area contributed by atoms with Gasteiger partial charge in [0, 0.05) is 0 Å². The molecule has 1 aromatic rings. The van der Waals surface area contributed by atoms with Crippen molar-refractivity contribution in [1.82, 2.24) is 4.72 Å². The number of rotatable bonds is 2. The molecular formula is C6H7NO3S2. The Morgan fingerprint density at radius 2 is 2.42 bits per heavy atom. The highest BCUT2D eigenvalue weighted by Gasteiger charge is 2.08. The van der Waals surface area contributed by atoms with Gasteiger partial charge >= 0.3 is 0 Å². The van der Waals surface area contributed by atoms with Crippen molar-refractivity contribution in [2.24, 2.45) is 0 Å². The highest BCUT2D eigenvalue weighted by atomic mass is 32.2. The molecule has 4 nitrogen and oxygen atoms in total. The molecular weight excluding hydrogens is 198 g/mol. The van der Waals surface area contributed by atoms with Crippen LogP contribution in [0.15, 0.2) is 17.5 Å². The van der Waals surface area contributed by atoms with E-state index in [4.69, 9.17) is 4.55 Å². The number of hydrogen-bond acceptors (Lipinski definition) is 3. The summed E-state index contributed by atoms with van der Waals surface area (Å²) in [5, 5.41) is 1.71. The van der Waals surface area contributed by atoms with Gasteiger partial charge in [0.2, 0.25) is 0 Å². The molecule has 0 aliphatic carbocycles. The third-order valence-electron chi connectivity index (χ3n) is 0.997. The first-order valence-electron chi connectivity index (χ1n) is 2.94. The smallest absolute Gasteiger partial charge is 0.274 e. The highest BCUT2D eigenvalue weighted by molar-refractivity contribution is 7.93. The average molecular weight is 205 g/mol. The second-order valence-corrected chi connectivity index (χ2v) is 4.48. The lowest BCUT2D eigenvalue weighted by Gasteiger charge is -2.01. The van der Waals surface area contributed by atoms with Gasteiger partial charge in [0.15, 0.2) is 9.99 Å². The minimum atomic E-state index is -3.44. The van der Waals surface area contributed by atoms with E-state index in [2.05, 4.69) is 5.87 Å². The Hall–Kier alpha value is -0.850. The number of thiophene rings is 1. The molecule has 0 spiro atoms. The lowest BCUT2D eigenvalue weighted by atomic mass is 10.5. The topological polar surface area (TPSA) is 66.4 Å². The maximum atomic E-state index is 11.0. The fourth-order valence-corrected chi connectivity index (χ4v) is 1.69. The summed E-state index contributed by atoms with van der Waals surface area (Å²) in [5.74, 6) is 2.30. The van der Waals surface area contributed by atoms with E-state index in [1.165, 1.54) is 11.3 Å². The Bertz CT molecular complexity index is 366. The first-order valence-corrected chi connectivity index (χ1v) is 5.51. The summed E-state index contributed by atoms with van der Waals surface area (Å²) < 4.78 is 21.2. The third-order valence-corrected chi connectivity index (χ3v) is 2.37. The van der Waals surface area contributed by atoms with Crippen molar-refractivity contribution in [2.75, 3.05) is 0 Å². The van der Waals surface area contributed by atoms with Gasteiger partial charge in [-0.3, -0.25) is 14.1 Å². The molecule has 1 unspecified atom stereocenters. The number of carbonyl (C=O) groups excluding carboxylic acids is 1. The predicted octanol–water partition coefficient (Wildman–Crippen LogP) is 0.582. The van der Waals surface area contributed by atoms with E-state index in [1.807, 2.05) is 4.72 Å². The standard InChI is InChI=1S/C6H7NO3S2/c1-12(9,10)7-6(8)5-3-2-4-11-5/h2-4H,1H2,(H2,7,8,9,10). The fraction of sp³-hybridized carbons (Fsp3) is 0. The molecule has 0 aromatic carbocycles. The van der Waals surface area contributed by atoms with E-state index < -0.39 is 15.9 Å². The summed E-state index contributed by atoms with van der Waals surface area (Å²) in [6.45, 7) is 0. The van der Waals surface area contributed by atoms with Crippen LogP contribution in [0.4, 0.5) is 0 Å². The van der Waals surface area contributed by atoms with E-state index in [1.54, 1.807) is 17.5 Å². The monoisotopic (exact) mass is 205 g/mol. The van der Waals surface area contributed by atoms with Gasteiger partial charge < -0.3 is 0 Å². The second-order valence-electron chi connectivity index (χ2n) is 2.05. The van der Waals surface area contributed by atoms with E-state index in [0.29, 0.717) is 4.88 Å².